The minimum absolute atomic E-state index is 0.169. The van der Waals surface area contributed by atoms with Gasteiger partial charge < -0.3 is 24.5 Å². The molecular formula is C24H21ClF3N3O3. The van der Waals surface area contributed by atoms with Gasteiger partial charge >= 0.3 is 6.18 Å². The number of hydrogen-bond donors (Lipinski definition) is 2. The second-order valence-electron chi connectivity index (χ2n) is 7.57. The smallest absolute Gasteiger partial charge is 0.422 e. The highest BCUT2D eigenvalue weighted by Crippen LogP contribution is 2.29. The van der Waals surface area contributed by atoms with Gasteiger partial charge in [-0.15, -0.1) is 0 Å². The highest BCUT2D eigenvalue weighted by atomic mass is 35.5. The van der Waals surface area contributed by atoms with Crippen LogP contribution >= 0.6 is 11.6 Å². The maximum absolute atomic E-state index is 12.4. The van der Waals surface area contributed by atoms with E-state index in [1.54, 1.807) is 18.2 Å². The molecule has 2 aromatic heterocycles. The Bertz CT molecular complexity index is 1290. The van der Waals surface area contributed by atoms with Gasteiger partial charge in [0.2, 0.25) is 0 Å². The Labute approximate surface area is 198 Å². The molecule has 0 saturated carbocycles. The Kier molecular flexibility index (Phi) is 6.97. The average molecular weight is 492 g/mol. The van der Waals surface area contributed by atoms with Crippen molar-refractivity contribution in [2.75, 3.05) is 19.0 Å². The van der Waals surface area contributed by atoms with E-state index < -0.39 is 19.1 Å². The van der Waals surface area contributed by atoms with Crippen molar-refractivity contribution in [3.63, 3.8) is 0 Å². The highest BCUT2D eigenvalue weighted by molar-refractivity contribution is 6.30. The molecule has 2 aromatic carbocycles. The van der Waals surface area contributed by atoms with Crippen molar-refractivity contribution in [2.45, 2.75) is 19.0 Å². The first-order valence-corrected chi connectivity index (χ1v) is 10.6. The summed E-state index contributed by atoms with van der Waals surface area (Å²) in [7, 11) is 1.38. The van der Waals surface area contributed by atoms with Crippen LogP contribution in [0, 0.1) is 0 Å². The molecule has 0 unspecified atom stereocenters. The summed E-state index contributed by atoms with van der Waals surface area (Å²) in [5, 5.41) is 14.6. The van der Waals surface area contributed by atoms with E-state index in [2.05, 4.69) is 10.3 Å². The Morgan fingerprint density at radius 3 is 2.74 bits per heavy atom. The topological polar surface area (TPSA) is 68.5 Å². The first kappa shape index (κ1) is 23.9. The largest absolute Gasteiger partial charge is 0.484 e. The number of rotatable bonds is 8. The van der Waals surface area contributed by atoms with Crippen molar-refractivity contribution >= 4 is 34.0 Å². The maximum Gasteiger partial charge on any atom is 0.422 e. The van der Waals surface area contributed by atoms with Gasteiger partial charge in [0.05, 0.1) is 10.6 Å². The predicted octanol–water partition coefficient (Wildman–Crippen LogP) is 6.06. The third-order valence-corrected chi connectivity index (χ3v) is 5.27. The molecule has 34 heavy (non-hydrogen) atoms. The van der Waals surface area contributed by atoms with Crippen molar-refractivity contribution in [3.05, 3.63) is 83.1 Å². The molecule has 2 N–H and O–H groups in total. The van der Waals surface area contributed by atoms with Crippen LogP contribution < -0.4 is 10.1 Å². The van der Waals surface area contributed by atoms with Gasteiger partial charge in [0, 0.05) is 42.6 Å². The van der Waals surface area contributed by atoms with Gasteiger partial charge in [-0.2, -0.15) is 13.2 Å². The van der Waals surface area contributed by atoms with Gasteiger partial charge in [-0.25, -0.2) is 4.98 Å². The van der Waals surface area contributed by atoms with Crippen LogP contribution in [-0.4, -0.2) is 34.6 Å². The second kappa shape index (κ2) is 9.92. The summed E-state index contributed by atoms with van der Waals surface area (Å²) in [4.78, 5) is 4.25. The molecular weight excluding hydrogens is 471 g/mol. The SMILES string of the molecule is CO[C@H](O)c1cc(Cl)cnc1Nc1ccc2c(ccn2Cc2cccc(OCC(F)(F)F)c2)c1. The predicted molar refractivity (Wildman–Crippen MR) is 124 cm³/mol. The number of benzene rings is 2. The first-order valence-electron chi connectivity index (χ1n) is 10.2. The van der Waals surface area contributed by atoms with Crippen LogP contribution in [0.5, 0.6) is 5.75 Å². The molecule has 0 aliphatic rings. The van der Waals surface area contributed by atoms with Gasteiger partial charge in [-0.1, -0.05) is 23.7 Å². The van der Waals surface area contributed by atoms with Crippen LogP contribution in [0.25, 0.3) is 10.9 Å². The fourth-order valence-electron chi connectivity index (χ4n) is 3.52. The number of anilines is 2. The molecule has 4 aromatic rings. The van der Waals surface area contributed by atoms with Crippen molar-refractivity contribution in [3.8, 4) is 5.75 Å². The number of aromatic nitrogens is 2. The summed E-state index contributed by atoms with van der Waals surface area (Å²) in [6.45, 7) is -0.868. The quantitative estimate of drug-likeness (QED) is 0.293. The zero-order valence-electron chi connectivity index (χ0n) is 18.0. The minimum Gasteiger partial charge on any atom is -0.484 e. The van der Waals surface area contributed by atoms with E-state index in [1.165, 1.54) is 19.4 Å². The van der Waals surface area contributed by atoms with E-state index in [4.69, 9.17) is 21.1 Å². The summed E-state index contributed by atoms with van der Waals surface area (Å²) < 4.78 is 49.1. The number of halogens is 4. The Morgan fingerprint density at radius 1 is 1.15 bits per heavy atom. The van der Waals surface area contributed by atoms with E-state index in [-0.39, 0.29) is 5.75 Å². The molecule has 10 heteroatoms. The summed E-state index contributed by atoms with van der Waals surface area (Å²) >= 11 is 6.00. The monoisotopic (exact) mass is 491 g/mol. The number of ether oxygens (including phenoxy) is 2. The molecule has 0 saturated heterocycles. The third-order valence-electron chi connectivity index (χ3n) is 5.06. The molecule has 2 heterocycles. The fourth-order valence-corrected chi connectivity index (χ4v) is 3.69. The molecule has 0 spiro atoms. The van der Waals surface area contributed by atoms with E-state index in [0.29, 0.717) is 22.9 Å². The molecule has 178 valence electrons. The fraction of sp³-hybridized carbons (Fsp3) is 0.208. The first-order chi connectivity index (χ1) is 16.2. The number of pyridine rings is 1. The molecule has 0 aliphatic heterocycles. The molecule has 0 amide bonds. The molecule has 1 atom stereocenters. The lowest BCUT2D eigenvalue weighted by atomic mass is 10.2. The van der Waals surface area contributed by atoms with Gasteiger partial charge in [-0.05, 0) is 48.0 Å². The summed E-state index contributed by atoms with van der Waals surface area (Å²) in [6, 6.07) is 15.8. The molecule has 0 aliphatic carbocycles. The molecule has 4 rings (SSSR count). The van der Waals surface area contributed by atoms with E-state index in [0.717, 1.165) is 22.2 Å². The minimum atomic E-state index is -4.39. The van der Waals surface area contributed by atoms with Crippen LogP contribution in [-0.2, 0) is 11.3 Å². The van der Waals surface area contributed by atoms with Crippen LogP contribution in [0.3, 0.4) is 0 Å². The van der Waals surface area contributed by atoms with Crippen LogP contribution in [0.15, 0.2) is 67.0 Å². The molecule has 0 fully saturated rings. The average Bonchev–Trinajstić information content (AvgIpc) is 3.20. The van der Waals surface area contributed by atoms with Gasteiger partial charge in [0.1, 0.15) is 11.6 Å². The summed E-state index contributed by atoms with van der Waals surface area (Å²) in [6.07, 6.45) is -2.20. The van der Waals surface area contributed by atoms with Crippen molar-refractivity contribution < 1.29 is 27.8 Å². The van der Waals surface area contributed by atoms with Gasteiger partial charge in [-0.3, -0.25) is 0 Å². The lowest BCUT2D eigenvalue weighted by Gasteiger charge is -2.15. The number of hydrogen-bond acceptors (Lipinski definition) is 5. The zero-order valence-corrected chi connectivity index (χ0v) is 18.8. The Balaban J connectivity index is 1.53. The number of nitrogens with zero attached hydrogens (tertiary/aromatic N) is 2. The van der Waals surface area contributed by atoms with E-state index in [9.17, 15) is 18.3 Å². The molecule has 0 radical (unpaired) electrons. The lowest BCUT2D eigenvalue weighted by Crippen LogP contribution is -2.19. The number of aliphatic hydroxyl groups is 1. The van der Waals surface area contributed by atoms with Crippen molar-refractivity contribution in [1.82, 2.24) is 9.55 Å². The molecule has 6 nitrogen and oxygen atoms in total. The van der Waals surface area contributed by atoms with Gasteiger partial charge in [0.25, 0.3) is 0 Å². The number of methoxy groups -OCH3 is 1. The van der Waals surface area contributed by atoms with E-state index >= 15 is 0 Å². The van der Waals surface area contributed by atoms with Crippen LogP contribution in [0.4, 0.5) is 24.7 Å². The Morgan fingerprint density at radius 2 is 1.97 bits per heavy atom. The number of nitrogens with one attached hydrogen (secondary N) is 1. The number of aliphatic hydroxyl groups excluding tert-OH is 1. The Hall–Kier alpha value is -3.27. The zero-order chi connectivity index (χ0) is 24.3. The third kappa shape index (κ3) is 5.80. The second-order valence-corrected chi connectivity index (χ2v) is 8.01. The normalized spacial score (nSPS) is 12.6. The van der Waals surface area contributed by atoms with Gasteiger partial charge in [0.15, 0.2) is 12.9 Å². The van der Waals surface area contributed by atoms with E-state index in [1.807, 2.05) is 41.1 Å². The van der Waals surface area contributed by atoms with Crippen molar-refractivity contribution in [2.24, 2.45) is 0 Å². The lowest BCUT2D eigenvalue weighted by molar-refractivity contribution is -0.153. The van der Waals surface area contributed by atoms with Crippen LogP contribution in [0.1, 0.15) is 17.4 Å². The summed E-state index contributed by atoms with van der Waals surface area (Å²) in [5.41, 5.74) is 2.89. The van der Waals surface area contributed by atoms with Crippen LogP contribution in [0.2, 0.25) is 5.02 Å². The summed E-state index contributed by atoms with van der Waals surface area (Å²) in [5.74, 6) is 0.579. The number of alkyl halides is 3. The standard InChI is InChI=1S/C24H21ClF3N3O3/c1-33-23(32)20-11-17(25)12-29-22(20)30-18-5-6-21-16(10-18)7-8-31(21)13-15-3-2-4-19(9-15)34-14-24(26,27)28/h2-12,23,32H,13-14H2,1H3,(H,29,30)/t23-/m0/s1. The van der Waals surface area contributed by atoms with Crippen molar-refractivity contribution in [1.29, 1.82) is 0 Å². The molecule has 0 bridgehead atoms. The highest BCUT2D eigenvalue weighted by Gasteiger charge is 2.28. The maximum atomic E-state index is 12.4. The number of fused-ring (bicyclic) bond motifs is 1.